The molecule has 144 valence electrons. The van der Waals surface area contributed by atoms with Crippen molar-refractivity contribution in [1.29, 1.82) is 0 Å². The molecule has 27 heavy (non-hydrogen) atoms. The summed E-state index contributed by atoms with van der Waals surface area (Å²) >= 11 is 3.40. The number of rotatable bonds is 7. The van der Waals surface area contributed by atoms with Crippen LogP contribution in [0.2, 0.25) is 0 Å². The quantitative estimate of drug-likeness (QED) is 0.650. The third-order valence-electron chi connectivity index (χ3n) is 3.88. The van der Waals surface area contributed by atoms with Gasteiger partial charge in [0.2, 0.25) is 0 Å². The second-order valence-corrected chi connectivity index (χ2v) is 9.20. The fourth-order valence-corrected chi connectivity index (χ4v) is 3.56. The number of ether oxygens (including phenoxy) is 1. The lowest BCUT2D eigenvalue weighted by Gasteiger charge is -2.17. The van der Waals surface area contributed by atoms with Gasteiger partial charge in [-0.3, -0.25) is 4.79 Å². The maximum Gasteiger partial charge on any atom is 0.328 e. The minimum absolute atomic E-state index is 0.0611. The number of hydrogen-bond donors (Lipinski definition) is 1. The van der Waals surface area contributed by atoms with E-state index in [1.165, 1.54) is 7.11 Å². The first-order valence-electron chi connectivity index (χ1n) is 8.12. The summed E-state index contributed by atoms with van der Waals surface area (Å²) < 4.78 is 28.3. The molecule has 1 amide bonds. The Balaban J connectivity index is 2.31. The van der Waals surface area contributed by atoms with Crippen molar-refractivity contribution < 1.29 is 22.7 Å². The molecule has 1 atom stereocenters. The second kappa shape index (κ2) is 9.14. The second-order valence-electron chi connectivity index (χ2n) is 6.02. The summed E-state index contributed by atoms with van der Waals surface area (Å²) in [6.07, 6.45) is 1.01. The highest BCUT2D eigenvalue weighted by molar-refractivity contribution is 9.10. The van der Waals surface area contributed by atoms with Gasteiger partial charge in [0.25, 0.3) is 5.91 Å². The van der Waals surface area contributed by atoms with Crippen molar-refractivity contribution in [2.75, 3.05) is 19.1 Å². The molecule has 0 radical (unpaired) electrons. The molecule has 0 unspecified atom stereocenters. The van der Waals surface area contributed by atoms with Crippen LogP contribution in [0.25, 0.3) is 11.1 Å². The molecule has 0 bridgehead atoms. The van der Waals surface area contributed by atoms with E-state index in [1.54, 1.807) is 12.1 Å². The molecular formula is C19H20BrNO5S. The standard InChI is InChI=1S/C19H20BrNO5S/c1-26-19(23)17(10-11-27(2,24)25)21-18(22)15-9-8-14(20)12-16(15)13-6-4-3-5-7-13/h3-9,12,17H,10-11H2,1-2H3,(H,21,22)/t17-/m0/s1. The van der Waals surface area contributed by atoms with Crippen molar-refractivity contribution in [2.45, 2.75) is 12.5 Å². The molecule has 0 heterocycles. The van der Waals surface area contributed by atoms with Gasteiger partial charge in [-0.1, -0.05) is 46.3 Å². The number of carbonyl (C=O) groups is 2. The summed E-state index contributed by atoms with van der Waals surface area (Å²) in [7, 11) is -2.09. The van der Waals surface area contributed by atoms with Crippen LogP contribution in [0.15, 0.2) is 53.0 Å². The number of hydrogen-bond acceptors (Lipinski definition) is 5. The van der Waals surface area contributed by atoms with Gasteiger partial charge < -0.3 is 10.1 Å². The average Bonchev–Trinajstić information content (AvgIpc) is 2.64. The first-order valence-corrected chi connectivity index (χ1v) is 11.0. The predicted molar refractivity (Wildman–Crippen MR) is 107 cm³/mol. The summed E-state index contributed by atoms with van der Waals surface area (Å²) in [6, 6.07) is 13.5. The first-order chi connectivity index (χ1) is 12.7. The molecule has 0 spiro atoms. The van der Waals surface area contributed by atoms with Crippen LogP contribution >= 0.6 is 15.9 Å². The smallest absolute Gasteiger partial charge is 0.328 e. The minimum atomic E-state index is -3.28. The Morgan fingerprint density at radius 2 is 1.81 bits per heavy atom. The fourth-order valence-electron chi connectivity index (χ4n) is 2.53. The Hall–Kier alpha value is -2.19. The maximum atomic E-state index is 12.8. The summed E-state index contributed by atoms with van der Waals surface area (Å²) in [5.41, 5.74) is 1.90. The van der Waals surface area contributed by atoms with Gasteiger partial charge in [0, 0.05) is 16.3 Å². The Kier molecular flexibility index (Phi) is 7.15. The van der Waals surface area contributed by atoms with Crippen molar-refractivity contribution in [3.8, 4) is 11.1 Å². The van der Waals surface area contributed by atoms with Gasteiger partial charge in [-0.2, -0.15) is 0 Å². The summed E-state index contributed by atoms with van der Waals surface area (Å²) in [4.78, 5) is 24.8. The van der Waals surface area contributed by atoms with Gasteiger partial charge in [-0.15, -0.1) is 0 Å². The third kappa shape index (κ3) is 6.18. The van der Waals surface area contributed by atoms with Gasteiger partial charge in [0.05, 0.1) is 12.9 Å². The van der Waals surface area contributed by atoms with Gasteiger partial charge in [0.15, 0.2) is 0 Å². The van der Waals surface area contributed by atoms with Gasteiger partial charge in [-0.05, 0) is 35.7 Å². The Morgan fingerprint density at radius 1 is 1.15 bits per heavy atom. The first kappa shape index (κ1) is 21.1. The molecular weight excluding hydrogens is 434 g/mol. The van der Waals surface area contributed by atoms with Crippen molar-refractivity contribution >= 4 is 37.6 Å². The molecule has 0 saturated carbocycles. The van der Waals surface area contributed by atoms with E-state index in [4.69, 9.17) is 4.74 Å². The van der Waals surface area contributed by atoms with Crippen LogP contribution in [0.5, 0.6) is 0 Å². The topological polar surface area (TPSA) is 89.5 Å². The molecule has 6 nitrogen and oxygen atoms in total. The van der Waals surface area contributed by atoms with E-state index in [9.17, 15) is 18.0 Å². The van der Waals surface area contributed by atoms with Gasteiger partial charge >= 0.3 is 5.97 Å². The molecule has 0 saturated heterocycles. The fraction of sp³-hybridized carbons (Fsp3) is 0.263. The molecule has 0 aliphatic rings. The van der Waals surface area contributed by atoms with Crippen LogP contribution in [-0.4, -0.2) is 45.5 Å². The number of benzene rings is 2. The number of esters is 1. The van der Waals surface area contributed by atoms with Crippen LogP contribution in [0.1, 0.15) is 16.8 Å². The lowest BCUT2D eigenvalue weighted by Crippen LogP contribution is -2.42. The molecule has 2 aromatic rings. The molecule has 2 aromatic carbocycles. The Bertz CT molecular complexity index is 928. The SMILES string of the molecule is COC(=O)[C@H](CCS(C)(=O)=O)NC(=O)c1ccc(Br)cc1-c1ccccc1. The number of sulfone groups is 1. The van der Waals surface area contributed by atoms with E-state index < -0.39 is 27.8 Å². The van der Waals surface area contributed by atoms with E-state index in [0.29, 0.717) is 11.1 Å². The van der Waals surface area contributed by atoms with Crippen LogP contribution in [-0.2, 0) is 19.4 Å². The number of nitrogens with one attached hydrogen (secondary N) is 1. The Morgan fingerprint density at radius 3 is 2.41 bits per heavy atom. The third-order valence-corrected chi connectivity index (χ3v) is 5.35. The zero-order valence-corrected chi connectivity index (χ0v) is 17.3. The number of carbonyl (C=O) groups excluding carboxylic acids is 2. The molecule has 8 heteroatoms. The molecule has 1 N–H and O–H groups in total. The Labute approximate surface area is 167 Å². The molecule has 0 aromatic heterocycles. The molecule has 0 aliphatic carbocycles. The van der Waals surface area contributed by atoms with Crippen molar-refractivity contribution in [3.63, 3.8) is 0 Å². The lowest BCUT2D eigenvalue weighted by molar-refractivity contribution is -0.142. The van der Waals surface area contributed by atoms with E-state index in [2.05, 4.69) is 21.2 Å². The van der Waals surface area contributed by atoms with E-state index in [1.807, 2.05) is 36.4 Å². The number of methoxy groups -OCH3 is 1. The molecule has 0 aliphatic heterocycles. The molecule has 0 fully saturated rings. The highest BCUT2D eigenvalue weighted by atomic mass is 79.9. The van der Waals surface area contributed by atoms with Gasteiger partial charge in [0.1, 0.15) is 15.9 Å². The highest BCUT2D eigenvalue weighted by Crippen LogP contribution is 2.27. The van der Waals surface area contributed by atoms with Crippen molar-refractivity contribution in [1.82, 2.24) is 5.32 Å². The van der Waals surface area contributed by atoms with Crippen LogP contribution < -0.4 is 5.32 Å². The van der Waals surface area contributed by atoms with E-state index >= 15 is 0 Å². The monoisotopic (exact) mass is 453 g/mol. The van der Waals surface area contributed by atoms with Crippen LogP contribution in [0.3, 0.4) is 0 Å². The molecule has 2 rings (SSSR count). The largest absolute Gasteiger partial charge is 0.467 e. The zero-order valence-electron chi connectivity index (χ0n) is 14.9. The minimum Gasteiger partial charge on any atom is -0.467 e. The van der Waals surface area contributed by atoms with E-state index in [-0.39, 0.29) is 12.2 Å². The number of amides is 1. The summed E-state index contributed by atoms with van der Waals surface area (Å²) in [5, 5.41) is 2.59. The average molecular weight is 454 g/mol. The maximum absolute atomic E-state index is 12.8. The number of halogens is 1. The summed E-state index contributed by atoms with van der Waals surface area (Å²) in [5.74, 6) is -1.41. The van der Waals surface area contributed by atoms with E-state index in [0.717, 1.165) is 16.3 Å². The lowest BCUT2D eigenvalue weighted by atomic mass is 9.99. The normalized spacial score (nSPS) is 12.3. The highest BCUT2D eigenvalue weighted by Gasteiger charge is 2.25. The van der Waals surface area contributed by atoms with Crippen LogP contribution in [0.4, 0.5) is 0 Å². The summed E-state index contributed by atoms with van der Waals surface area (Å²) in [6.45, 7) is 0. The predicted octanol–water partition coefficient (Wildman–Crippen LogP) is 2.82. The van der Waals surface area contributed by atoms with Crippen molar-refractivity contribution in [3.05, 3.63) is 58.6 Å². The van der Waals surface area contributed by atoms with Gasteiger partial charge in [-0.25, -0.2) is 13.2 Å². The zero-order chi connectivity index (χ0) is 20.0. The van der Waals surface area contributed by atoms with Crippen LogP contribution in [0, 0.1) is 0 Å². The van der Waals surface area contributed by atoms with Crippen molar-refractivity contribution in [2.24, 2.45) is 0 Å².